The number of carbonyl (C=O) groups is 1. The minimum absolute atomic E-state index is 0.0367. The quantitative estimate of drug-likeness (QED) is 0.574. The zero-order valence-corrected chi connectivity index (χ0v) is 17.2. The molecule has 1 heterocycles. The van der Waals surface area contributed by atoms with Crippen LogP contribution in [0.2, 0.25) is 0 Å². The number of amides is 1. The smallest absolute Gasteiger partial charge is 0.238 e. The van der Waals surface area contributed by atoms with Gasteiger partial charge in [-0.3, -0.25) is 4.79 Å². The summed E-state index contributed by atoms with van der Waals surface area (Å²) in [4.78, 5) is 12.4. The maximum absolute atomic E-state index is 13.1. The van der Waals surface area contributed by atoms with E-state index in [-0.39, 0.29) is 16.6 Å². The number of primary sulfonamides is 1. The van der Waals surface area contributed by atoms with Crippen LogP contribution in [0.3, 0.4) is 0 Å². The Morgan fingerprint density at radius 2 is 1.76 bits per heavy atom. The summed E-state index contributed by atoms with van der Waals surface area (Å²) in [6.45, 7) is 1.71. The highest BCUT2D eigenvalue weighted by Gasteiger charge is 2.20. The van der Waals surface area contributed by atoms with Crippen molar-refractivity contribution in [3.63, 3.8) is 0 Å². The Kier molecular flexibility index (Phi) is 6.01. The molecule has 0 unspecified atom stereocenters. The first kappa shape index (κ1) is 21.0. The number of thioether (sulfide) groups is 1. The molecule has 2 aromatic carbocycles. The van der Waals surface area contributed by atoms with Gasteiger partial charge >= 0.3 is 0 Å². The van der Waals surface area contributed by atoms with Crippen molar-refractivity contribution in [2.45, 2.75) is 22.2 Å². The van der Waals surface area contributed by atoms with Gasteiger partial charge in [0.15, 0.2) is 11.0 Å². The van der Waals surface area contributed by atoms with Crippen molar-refractivity contribution in [1.29, 1.82) is 0 Å². The molecule has 29 heavy (non-hydrogen) atoms. The molecule has 0 aliphatic heterocycles. The number of rotatable bonds is 6. The van der Waals surface area contributed by atoms with Crippen molar-refractivity contribution in [1.82, 2.24) is 14.8 Å². The first-order valence-corrected chi connectivity index (χ1v) is 10.8. The fourth-order valence-corrected chi connectivity index (χ4v) is 3.78. The van der Waals surface area contributed by atoms with Gasteiger partial charge in [0.05, 0.1) is 10.1 Å². The number of nitrogens with two attached hydrogens (primary N) is 1. The molecule has 11 heteroatoms. The number of aromatic nitrogens is 3. The van der Waals surface area contributed by atoms with Crippen molar-refractivity contribution < 1.29 is 17.6 Å². The van der Waals surface area contributed by atoms with Crippen LogP contribution in [0.1, 0.15) is 6.92 Å². The third-order valence-corrected chi connectivity index (χ3v) is 6.10. The summed E-state index contributed by atoms with van der Waals surface area (Å²) in [5.74, 6) is -0.0729. The van der Waals surface area contributed by atoms with Gasteiger partial charge in [0.2, 0.25) is 15.9 Å². The van der Waals surface area contributed by atoms with Crippen molar-refractivity contribution in [2.24, 2.45) is 12.2 Å². The van der Waals surface area contributed by atoms with E-state index in [1.165, 1.54) is 48.2 Å². The summed E-state index contributed by atoms with van der Waals surface area (Å²) >= 11 is 1.21. The minimum atomic E-state index is -3.79. The first-order valence-electron chi connectivity index (χ1n) is 8.41. The van der Waals surface area contributed by atoms with Crippen molar-refractivity contribution in [2.75, 3.05) is 5.32 Å². The van der Waals surface area contributed by atoms with Gasteiger partial charge in [-0.15, -0.1) is 10.2 Å². The van der Waals surface area contributed by atoms with Gasteiger partial charge in [0.1, 0.15) is 5.82 Å². The third-order valence-electron chi connectivity index (χ3n) is 4.04. The molecular formula is C18H18FN5O3S2. The molecular weight excluding hydrogens is 417 g/mol. The predicted molar refractivity (Wildman–Crippen MR) is 108 cm³/mol. The van der Waals surface area contributed by atoms with Crippen LogP contribution in [0.15, 0.2) is 58.6 Å². The largest absolute Gasteiger partial charge is 0.325 e. The summed E-state index contributed by atoms with van der Waals surface area (Å²) in [5, 5.41) is 16.0. The lowest BCUT2D eigenvalue weighted by atomic mass is 10.2. The molecule has 0 saturated heterocycles. The molecule has 1 atom stereocenters. The van der Waals surface area contributed by atoms with Gasteiger partial charge in [-0.25, -0.2) is 17.9 Å². The lowest BCUT2D eigenvalue weighted by Gasteiger charge is -2.12. The minimum Gasteiger partial charge on any atom is -0.325 e. The molecule has 0 aliphatic rings. The van der Waals surface area contributed by atoms with E-state index >= 15 is 0 Å². The van der Waals surface area contributed by atoms with E-state index in [1.807, 2.05) is 0 Å². The summed E-state index contributed by atoms with van der Waals surface area (Å²) in [6, 6.07) is 11.5. The number of hydrogen-bond donors (Lipinski definition) is 2. The monoisotopic (exact) mass is 435 g/mol. The van der Waals surface area contributed by atoms with Gasteiger partial charge in [0, 0.05) is 18.3 Å². The Balaban J connectivity index is 1.68. The third kappa shape index (κ3) is 5.00. The number of anilines is 1. The highest BCUT2D eigenvalue weighted by atomic mass is 32.2. The maximum Gasteiger partial charge on any atom is 0.238 e. The normalized spacial score (nSPS) is 12.6. The van der Waals surface area contributed by atoms with Crippen molar-refractivity contribution >= 4 is 33.4 Å². The first-order chi connectivity index (χ1) is 13.6. The number of sulfonamides is 1. The fraction of sp³-hybridized carbons (Fsp3) is 0.167. The summed E-state index contributed by atoms with van der Waals surface area (Å²) in [5.41, 5.74) is 1.15. The van der Waals surface area contributed by atoms with Crippen LogP contribution in [0.5, 0.6) is 0 Å². The SMILES string of the molecule is C[C@H](Sc1nnc(-c2ccc(F)cc2)n1C)C(=O)Nc1ccc(S(N)(=O)=O)cc1. The molecule has 1 amide bonds. The van der Waals surface area contributed by atoms with Gasteiger partial charge in [-0.2, -0.15) is 0 Å². The molecule has 0 bridgehead atoms. The van der Waals surface area contributed by atoms with Crippen molar-refractivity contribution in [3.05, 3.63) is 54.3 Å². The topological polar surface area (TPSA) is 120 Å². The standard InChI is InChI=1S/C18H18FN5O3S2/c1-11(17(25)21-14-7-9-15(10-8-14)29(20,26)27)28-18-23-22-16(24(18)2)12-3-5-13(19)6-4-12/h3-11H,1-2H3,(H,21,25)(H2,20,26,27)/t11-/m0/s1. The van der Waals surface area contributed by atoms with Crippen LogP contribution in [0.25, 0.3) is 11.4 Å². The number of nitrogens with zero attached hydrogens (tertiary/aromatic N) is 3. The van der Waals surface area contributed by atoms with Crippen LogP contribution >= 0.6 is 11.8 Å². The van der Waals surface area contributed by atoms with Crippen molar-refractivity contribution in [3.8, 4) is 11.4 Å². The van der Waals surface area contributed by atoms with E-state index in [4.69, 9.17) is 5.14 Å². The second-order valence-electron chi connectivity index (χ2n) is 6.19. The Bertz CT molecular complexity index is 1130. The van der Waals surface area contributed by atoms with Gasteiger partial charge in [-0.1, -0.05) is 11.8 Å². The van der Waals surface area contributed by atoms with Gasteiger partial charge in [-0.05, 0) is 55.5 Å². The van der Waals surface area contributed by atoms with E-state index in [1.54, 1.807) is 30.7 Å². The Morgan fingerprint density at radius 1 is 1.14 bits per heavy atom. The Morgan fingerprint density at radius 3 is 2.34 bits per heavy atom. The summed E-state index contributed by atoms with van der Waals surface area (Å²) < 4.78 is 37.4. The van der Waals surface area contributed by atoms with E-state index in [2.05, 4.69) is 15.5 Å². The molecule has 0 aliphatic carbocycles. The molecule has 1 aromatic heterocycles. The molecule has 0 spiro atoms. The fourth-order valence-electron chi connectivity index (χ4n) is 2.45. The zero-order chi connectivity index (χ0) is 21.2. The average Bonchev–Trinajstić information content (AvgIpc) is 3.02. The molecule has 3 N–H and O–H groups in total. The Labute approximate surface area is 171 Å². The lowest BCUT2D eigenvalue weighted by Crippen LogP contribution is -2.23. The molecule has 0 radical (unpaired) electrons. The highest BCUT2D eigenvalue weighted by molar-refractivity contribution is 8.00. The van der Waals surface area contributed by atoms with E-state index in [0.717, 1.165) is 0 Å². The molecule has 152 valence electrons. The zero-order valence-electron chi connectivity index (χ0n) is 15.5. The Hall–Kier alpha value is -2.76. The molecule has 0 fully saturated rings. The average molecular weight is 436 g/mol. The van der Waals surface area contributed by atoms with Gasteiger partial charge < -0.3 is 9.88 Å². The number of carbonyl (C=O) groups excluding carboxylic acids is 1. The molecule has 3 rings (SSSR count). The van der Waals surface area contributed by atoms with Crippen LogP contribution in [-0.4, -0.2) is 34.3 Å². The molecule has 0 saturated carbocycles. The number of hydrogen-bond acceptors (Lipinski definition) is 6. The van der Waals surface area contributed by atoms with Crippen LogP contribution in [0.4, 0.5) is 10.1 Å². The van der Waals surface area contributed by atoms with E-state index < -0.39 is 15.3 Å². The second-order valence-corrected chi connectivity index (χ2v) is 9.06. The number of benzene rings is 2. The van der Waals surface area contributed by atoms with E-state index in [9.17, 15) is 17.6 Å². The number of nitrogens with one attached hydrogen (secondary N) is 1. The predicted octanol–water partition coefficient (Wildman–Crippen LogP) is 2.39. The second kappa shape index (κ2) is 8.31. The number of halogens is 1. The summed E-state index contributed by atoms with van der Waals surface area (Å²) in [6.07, 6.45) is 0. The van der Waals surface area contributed by atoms with Gasteiger partial charge in [0.25, 0.3) is 0 Å². The summed E-state index contributed by atoms with van der Waals surface area (Å²) in [7, 11) is -2.03. The van der Waals surface area contributed by atoms with Crippen LogP contribution < -0.4 is 10.5 Å². The maximum atomic E-state index is 13.1. The molecule has 8 nitrogen and oxygen atoms in total. The van der Waals surface area contributed by atoms with Crippen LogP contribution in [0, 0.1) is 5.82 Å². The van der Waals surface area contributed by atoms with Crippen LogP contribution in [-0.2, 0) is 21.9 Å². The lowest BCUT2D eigenvalue weighted by molar-refractivity contribution is -0.115. The molecule has 3 aromatic rings. The van der Waals surface area contributed by atoms with E-state index in [0.29, 0.717) is 22.2 Å². The highest BCUT2D eigenvalue weighted by Crippen LogP contribution is 2.26.